The van der Waals surface area contributed by atoms with E-state index in [-0.39, 0.29) is 11.9 Å². The van der Waals surface area contributed by atoms with Crippen LogP contribution in [0.25, 0.3) is 22.4 Å². The van der Waals surface area contributed by atoms with Crippen molar-refractivity contribution in [3.05, 3.63) is 40.9 Å². The molecule has 1 saturated heterocycles. The van der Waals surface area contributed by atoms with Crippen molar-refractivity contribution in [3.63, 3.8) is 0 Å². The molecule has 1 aromatic carbocycles. The molecule has 1 atom stereocenters. The highest BCUT2D eigenvalue weighted by molar-refractivity contribution is 6.30. The quantitative estimate of drug-likeness (QED) is 0.421. The maximum absolute atomic E-state index is 9.67. The second-order valence-electron chi connectivity index (χ2n) is 10.0. The van der Waals surface area contributed by atoms with Gasteiger partial charge in [0.25, 0.3) is 0 Å². The highest BCUT2D eigenvalue weighted by Gasteiger charge is 2.32. The summed E-state index contributed by atoms with van der Waals surface area (Å²) in [5, 5.41) is 10.3. The highest BCUT2D eigenvalue weighted by Crippen LogP contribution is 2.38. The number of imidazole rings is 1. The predicted molar refractivity (Wildman–Crippen MR) is 135 cm³/mol. The molecule has 1 aliphatic heterocycles. The molecule has 1 saturated carbocycles. The zero-order valence-corrected chi connectivity index (χ0v) is 21.2. The first-order valence-electron chi connectivity index (χ1n) is 12.6. The van der Waals surface area contributed by atoms with Crippen LogP contribution in [-0.2, 0) is 16.0 Å². The summed E-state index contributed by atoms with van der Waals surface area (Å²) in [5.41, 5.74) is 2.94. The third-order valence-corrected chi connectivity index (χ3v) is 7.84. The minimum Gasteiger partial charge on any atom is -0.381 e. The van der Waals surface area contributed by atoms with Gasteiger partial charge in [-0.25, -0.2) is 9.97 Å². The van der Waals surface area contributed by atoms with Crippen molar-refractivity contribution >= 4 is 22.8 Å². The number of aromatic nitrogens is 4. The monoisotopic (exact) mass is 493 g/mol. The average Bonchev–Trinajstić information content (AvgIpc) is 3.23. The van der Waals surface area contributed by atoms with Gasteiger partial charge >= 0.3 is 0 Å². The van der Waals surface area contributed by atoms with Crippen molar-refractivity contribution in [2.45, 2.75) is 58.1 Å². The van der Waals surface area contributed by atoms with Crippen LogP contribution in [0.4, 0.5) is 0 Å². The van der Waals surface area contributed by atoms with Crippen LogP contribution in [0.5, 0.6) is 0 Å². The van der Waals surface area contributed by atoms with Gasteiger partial charge in [-0.15, -0.1) is 0 Å². The number of hydrogen-bond donors (Lipinski definition) is 0. The van der Waals surface area contributed by atoms with Gasteiger partial charge in [0, 0.05) is 37.5 Å². The molecule has 0 bridgehead atoms. The second-order valence-corrected chi connectivity index (χ2v) is 10.4. The fraction of sp³-hybridized carbons (Fsp3) is 0.556. The third-order valence-electron chi connectivity index (χ3n) is 7.61. The molecule has 8 heteroatoms. The molecular formula is C27H32ClN5O2. The minimum absolute atomic E-state index is 0.107. The maximum atomic E-state index is 9.67. The van der Waals surface area contributed by atoms with Crippen LogP contribution in [0.15, 0.2) is 24.3 Å². The Kier molecular flexibility index (Phi) is 7.33. The molecule has 2 aliphatic rings. The van der Waals surface area contributed by atoms with E-state index in [1.165, 1.54) is 25.7 Å². The Balaban J connectivity index is 1.69. The van der Waals surface area contributed by atoms with Gasteiger partial charge in [-0.2, -0.15) is 10.2 Å². The average molecular weight is 494 g/mol. The number of nitriles is 1. The molecule has 35 heavy (non-hydrogen) atoms. The van der Waals surface area contributed by atoms with Gasteiger partial charge in [0.1, 0.15) is 29.2 Å². The molecule has 3 aromatic rings. The Morgan fingerprint density at radius 3 is 2.60 bits per heavy atom. The SMILES string of the molecule is COC(c1nc2nc(C#N)nc(-c3cccc(Cl)c3)c2n1CC1CCC(C)CC1)C1CCOCC1. The lowest BCUT2D eigenvalue weighted by Gasteiger charge is -2.31. The molecule has 5 rings (SSSR count). The van der Waals surface area contributed by atoms with Crippen LogP contribution in [0.2, 0.25) is 5.02 Å². The smallest absolute Gasteiger partial charge is 0.234 e. The molecule has 0 radical (unpaired) electrons. The first-order valence-corrected chi connectivity index (χ1v) is 13.0. The number of halogens is 1. The molecule has 0 N–H and O–H groups in total. The molecule has 1 aliphatic carbocycles. The lowest BCUT2D eigenvalue weighted by atomic mass is 9.83. The Morgan fingerprint density at radius 2 is 1.91 bits per heavy atom. The number of hydrogen-bond acceptors (Lipinski definition) is 6. The van der Waals surface area contributed by atoms with Gasteiger partial charge in [-0.05, 0) is 55.6 Å². The first kappa shape index (κ1) is 24.2. The summed E-state index contributed by atoms with van der Waals surface area (Å²) in [4.78, 5) is 14.2. The van der Waals surface area contributed by atoms with Crippen LogP contribution in [0.1, 0.15) is 63.2 Å². The summed E-state index contributed by atoms with van der Waals surface area (Å²) >= 11 is 6.35. The Hall–Kier alpha value is -2.53. The molecule has 3 heterocycles. The van der Waals surface area contributed by atoms with E-state index in [4.69, 9.17) is 26.1 Å². The maximum Gasteiger partial charge on any atom is 0.234 e. The molecule has 1 unspecified atom stereocenters. The Bertz CT molecular complexity index is 1220. The number of benzene rings is 1. The van der Waals surface area contributed by atoms with E-state index >= 15 is 0 Å². The fourth-order valence-electron chi connectivity index (χ4n) is 5.64. The first-order chi connectivity index (χ1) is 17.1. The molecule has 7 nitrogen and oxygen atoms in total. The summed E-state index contributed by atoms with van der Waals surface area (Å²) in [6.45, 7) is 4.65. The number of rotatable bonds is 6. The lowest BCUT2D eigenvalue weighted by Crippen LogP contribution is -2.27. The Morgan fingerprint density at radius 1 is 1.14 bits per heavy atom. The van der Waals surface area contributed by atoms with Crippen molar-refractivity contribution in [2.75, 3.05) is 20.3 Å². The van der Waals surface area contributed by atoms with Crippen LogP contribution in [-0.4, -0.2) is 39.8 Å². The van der Waals surface area contributed by atoms with Crippen molar-refractivity contribution in [3.8, 4) is 17.3 Å². The zero-order valence-electron chi connectivity index (χ0n) is 20.4. The van der Waals surface area contributed by atoms with E-state index in [9.17, 15) is 5.26 Å². The normalized spacial score (nSPS) is 22.2. The van der Waals surface area contributed by atoms with Crippen molar-refractivity contribution in [1.29, 1.82) is 5.26 Å². The third kappa shape index (κ3) is 5.06. The van der Waals surface area contributed by atoms with Gasteiger partial charge < -0.3 is 14.0 Å². The standard InChI is InChI=1S/C27H32ClN5O2/c1-17-6-8-18(9-7-17)16-33-24-23(20-4-3-5-21(28)14-20)30-22(15-29)31-26(24)32-27(33)25(34-2)19-10-12-35-13-11-19/h3-5,14,17-19,25H,6-13,16H2,1-2H3. The van der Waals surface area contributed by atoms with Crippen molar-refractivity contribution in [2.24, 2.45) is 17.8 Å². The van der Waals surface area contributed by atoms with Crippen LogP contribution in [0, 0.1) is 29.1 Å². The molecule has 2 aromatic heterocycles. The van der Waals surface area contributed by atoms with E-state index < -0.39 is 0 Å². The van der Waals surface area contributed by atoms with E-state index in [2.05, 4.69) is 27.5 Å². The number of methoxy groups -OCH3 is 1. The van der Waals surface area contributed by atoms with Crippen molar-refractivity contribution < 1.29 is 9.47 Å². The predicted octanol–water partition coefficient (Wildman–Crippen LogP) is 5.96. The van der Waals surface area contributed by atoms with Gasteiger partial charge in [0.2, 0.25) is 5.82 Å². The Labute approximate surface area is 211 Å². The minimum atomic E-state index is -0.173. The van der Waals surface area contributed by atoms with Crippen LogP contribution < -0.4 is 0 Å². The number of nitrogens with zero attached hydrogens (tertiary/aromatic N) is 5. The van der Waals surface area contributed by atoms with E-state index in [1.54, 1.807) is 7.11 Å². The van der Waals surface area contributed by atoms with E-state index in [0.717, 1.165) is 55.4 Å². The van der Waals surface area contributed by atoms with Crippen LogP contribution in [0.3, 0.4) is 0 Å². The lowest BCUT2D eigenvalue weighted by molar-refractivity contribution is -0.0200. The molecule has 184 valence electrons. The van der Waals surface area contributed by atoms with Gasteiger partial charge in [-0.3, -0.25) is 0 Å². The molecule has 2 fully saturated rings. The molecule has 0 spiro atoms. The van der Waals surface area contributed by atoms with E-state index in [0.29, 0.717) is 28.2 Å². The summed E-state index contributed by atoms with van der Waals surface area (Å²) in [6.07, 6.45) is 6.57. The highest BCUT2D eigenvalue weighted by atomic mass is 35.5. The largest absolute Gasteiger partial charge is 0.381 e. The molecule has 0 amide bonds. The zero-order chi connectivity index (χ0) is 24.4. The molecular weight excluding hydrogens is 462 g/mol. The summed E-state index contributed by atoms with van der Waals surface area (Å²) in [7, 11) is 1.76. The topological polar surface area (TPSA) is 85.9 Å². The van der Waals surface area contributed by atoms with Gasteiger partial charge in [0.05, 0.1) is 0 Å². The van der Waals surface area contributed by atoms with Crippen molar-refractivity contribution in [1.82, 2.24) is 19.5 Å². The second kappa shape index (κ2) is 10.6. The summed E-state index contributed by atoms with van der Waals surface area (Å²) < 4.78 is 14.0. The number of fused-ring (bicyclic) bond motifs is 1. The van der Waals surface area contributed by atoms with E-state index in [1.807, 2.05) is 24.3 Å². The van der Waals surface area contributed by atoms with Crippen LogP contribution >= 0.6 is 11.6 Å². The fourth-order valence-corrected chi connectivity index (χ4v) is 5.83. The van der Waals surface area contributed by atoms with Gasteiger partial charge in [0.15, 0.2) is 5.65 Å². The number of ether oxygens (including phenoxy) is 2. The summed E-state index contributed by atoms with van der Waals surface area (Å²) in [5.74, 6) is 2.63. The van der Waals surface area contributed by atoms with Gasteiger partial charge in [-0.1, -0.05) is 43.5 Å². The summed E-state index contributed by atoms with van der Waals surface area (Å²) in [6, 6.07) is 9.72.